The molecule has 2 amide bonds. The van der Waals surface area contributed by atoms with Crippen LogP contribution in [0.4, 0.5) is 17.1 Å². The number of nitro benzene ring substituents is 1. The highest BCUT2D eigenvalue weighted by atomic mass is 16.6. The first kappa shape index (κ1) is 24.1. The number of hydrazine groups is 1. The van der Waals surface area contributed by atoms with Crippen LogP contribution < -0.4 is 21.7 Å². The van der Waals surface area contributed by atoms with Gasteiger partial charge in [-0.15, -0.1) is 0 Å². The van der Waals surface area contributed by atoms with Gasteiger partial charge in [0.25, 0.3) is 23.1 Å². The molecule has 1 heterocycles. The Morgan fingerprint density at radius 3 is 2.31 bits per heavy atom. The zero-order valence-electron chi connectivity index (χ0n) is 19.2. The molecule has 1 aromatic heterocycles. The van der Waals surface area contributed by atoms with Crippen molar-refractivity contribution in [3.63, 3.8) is 0 Å². The standard InChI is InChI=1S/C25H22N6O5/c1-2-14-30-25(34)19-11-7-6-10-18(19)22(29-30)24(33)28-27-23(32)16-12-13-20(21(15-16)31(35)36)26-17-8-4-3-5-9-17/h3-13,15,26H,2,14H2,1H3,(H,27,32)(H,28,33). The number of rotatable bonds is 7. The molecule has 0 spiro atoms. The first-order valence-electron chi connectivity index (χ1n) is 11.1. The molecule has 0 fully saturated rings. The number of amides is 2. The Balaban J connectivity index is 1.55. The van der Waals surface area contributed by atoms with Crippen LogP contribution >= 0.6 is 0 Å². The Kier molecular flexibility index (Phi) is 7.00. The molecule has 182 valence electrons. The number of hydrogen-bond donors (Lipinski definition) is 3. The number of carbonyl (C=O) groups excluding carboxylic acids is 2. The van der Waals surface area contributed by atoms with Gasteiger partial charge in [0.05, 0.1) is 10.3 Å². The van der Waals surface area contributed by atoms with Gasteiger partial charge in [0.2, 0.25) is 0 Å². The van der Waals surface area contributed by atoms with E-state index in [0.717, 1.165) is 6.07 Å². The van der Waals surface area contributed by atoms with Crippen molar-refractivity contribution in [2.24, 2.45) is 0 Å². The highest BCUT2D eigenvalue weighted by molar-refractivity contribution is 6.06. The zero-order chi connectivity index (χ0) is 25.7. The number of fused-ring (bicyclic) bond motifs is 1. The van der Waals surface area contributed by atoms with E-state index in [9.17, 15) is 24.5 Å². The van der Waals surface area contributed by atoms with E-state index in [4.69, 9.17) is 0 Å². The summed E-state index contributed by atoms with van der Waals surface area (Å²) in [6.45, 7) is 2.20. The SMILES string of the molecule is CCCn1nc(C(=O)NNC(=O)c2ccc(Nc3ccccc3)c([N+](=O)[O-])c2)c2ccccc2c1=O. The van der Waals surface area contributed by atoms with Crippen LogP contribution in [-0.4, -0.2) is 26.5 Å². The van der Waals surface area contributed by atoms with E-state index in [0.29, 0.717) is 29.4 Å². The number of aryl methyl sites for hydroxylation is 1. The van der Waals surface area contributed by atoms with Crippen LogP contribution in [-0.2, 0) is 6.54 Å². The number of nitrogens with one attached hydrogen (secondary N) is 3. The highest BCUT2D eigenvalue weighted by Crippen LogP contribution is 2.28. The molecular weight excluding hydrogens is 464 g/mol. The molecule has 0 bridgehead atoms. The second-order valence-corrected chi connectivity index (χ2v) is 7.81. The first-order chi connectivity index (χ1) is 17.4. The lowest BCUT2D eigenvalue weighted by molar-refractivity contribution is -0.383. The summed E-state index contributed by atoms with van der Waals surface area (Å²) < 4.78 is 1.21. The molecule has 0 atom stereocenters. The molecule has 0 saturated heterocycles. The maximum atomic E-state index is 12.9. The largest absolute Gasteiger partial charge is 0.350 e. The lowest BCUT2D eigenvalue weighted by Crippen LogP contribution is -2.42. The lowest BCUT2D eigenvalue weighted by atomic mass is 10.1. The second-order valence-electron chi connectivity index (χ2n) is 7.81. The van der Waals surface area contributed by atoms with Crippen LogP contribution in [0, 0.1) is 10.1 Å². The van der Waals surface area contributed by atoms with Gasteiger partial charge in [-0.3, -0.25) is 35.3 Å². The van der Waals surface area contributed by atoms with Crippen LogP contribution in [0.25, 0.3) is 10.8 Å². The molecule has 36 heavy (non-hydrogen) atoms. The van der Waals surface area contributed by atoms with Crippen LogP contribution in [0.1, 0.15) is 34.2 Å². The summed E-state index contributed by atoms with van der Waals surface area (Å²) in [5.74, 6) is -1.50. The van der Waals surface area contributed by atoms with Gasteiger partial charge >= 0.3 is 0 Å². The number of hydrogen-bond acceptors (Lipinski definition) is 7. The quantitative estimate of drug-likeness (QED) is 0.267. The Bertz CT molecular complexity index is 1520. The summed E-state index contributed by atoms with van der Waals surface area (Å²) in [6.07, 6.45) is 0.636. The summed E-state index contributed by atoms with van der Waals surface area (Å²) in [4.78, 5) is 49.2. The molecule has 11 heteroatoms. The van der Waals surface area contributed by atoms with Crippen molar-refractivity contribution in [1.82, 2.24) is 20.6 Å². The Labute approximate surface area is 204 Å². The van der Waals surface area contributed by atoms with Crippen molar-refractivity contribution in [2.45, 2.75) is 19.9 Å². The van der Waals surface area contributed by atoms with Gasteiger partial charge in [-0.1, -0.05) is 43.3 Å². The summed E-state index contributed by atoms with van der Waals surface area (Å²) in [5.41, 5.74) is 4.70. The number of carbonyl (C=O) groups is 2. The average Bonchev–Trinajstić information content (AvgIpc) is 2.89. The van der Waals surface area contributed by atoms with Crippen molar-refractivity contribution in [2.75, 3.05) is 5.32 Å². The molecule has 0 aliphatic carbocycles. The Hall–Kier alpha value is -5.06. The van der Waals surface area contributed by atoms with Gasteiger partial charge < -0.3 is 5.32 Å². The Morgan fingerprint density at radius 2 is 1.61 bits per heavy atom. The van der Waals surface area contributed by atoms with Crippen LogP contribution in [0.2, 0.25) is 0 Å². The zero-order valence-corrected chi connectivity index (χ0v) is 19.2. The fourth-order valence-electron chi connectivity index (χ4n) is 3.62. The van der Waals surface area contributed by atoms with E-state index >= 15 is 0 Å². The van der Waals surface area contributed by atoms with Gasteiger partial charge in [-0.05, 0) is 36.8 Å². The van der Waals surface area contributed by atoms with Crippen molar-refractivity contribution in [3.8, 4) is 0 Å². The predicted molar refractivity (Wildman–Crippen MR) is 134 cm³/mol. The molecule has 3 aromatic carbocycles. The van der Waals surface area contributed by atoms with E-state index in [-0.39, 0.29) is 28.2 Å². The number of nitro groups is 1. The fourth-order valence-corrected chi connectivity index (χ4v) is 3.62. The number of anilines is 2. The topological polar surface area (TPSA) is 148 Å². The molecule has 3 N–H and O–H groups in total. The highest BCUT2D eigenvalue weighted by Gasteiger charge is 2.20. The summed E-state index contributed by atoms with van der Waals surface area (Å²) in [7, 11) is 0. The number of para-hydroxylation sites is 1. The molecule has 0 aliphatic rings. The van der Waals surface area contributed by atoms with Gasteiger partial charge in [0.1, 0.15) is 5.69 Å². The van der Waals surface area contributed by atoms with E-state index < -0.39 is 16.7 Å². The van der Waals surface area contributed by atoms with Crippen molar-refractivity contribution in [3.05, 3.63) is 105 Å². The minimum Gasteiger partial charge on any atom is -0.350 e. The molecule has 0 aliphatic heterocycles. The smallest absolute Gasteiger partial charge is 0.293 e. The summed E-state index contributed by atoms with van der Waals surface area (Å²) in [5, 5.41) is 19.4. The first-order valence-corrected chi connectivity index (χ1v) is 11.1. The maximum Gasteiger partial charge on any atom is 0.293 e. The Morgan fingerprint density at radius 1 is 0.944 bits per heavy atom. The molecule has 11 nitrogen and oxygen atoms in total. The molecule has 4 rings (SSSR count). The average molecular weight is 486 g/mol. The van der Waals surface area contributed by atoms with Gasteiger partial charge in [-0.25, -0.2) is 4.68 Å². The summed E-state index contributed by atoms with van der Waals surface area (Å²) in [6, 6.07) is 19.4. The lowest BCUT2D eigenvalue weighted by Gasteiger charge is -2.12. The van der Waals surface area contributed by atoms with Crippen molar-refractivity contribution < 1.29 is 14.5 Å². The molecule has 0 saturated carbocycles. The third-order valence-electron chi connectivity index (χ3n) is 5.32. The molecular formula is C25H22N6O5. The van der Waals surface area contributed by atoms with Gasteiger partial charge in [0.15, 0.2) is 5.69 Å². The monoisotopic (exact) mass is 486 g/mol. The summed E-state index contributed by atoms with van der Waals surface area (Å²) >= 11 is 0. The minimum atomic E-state index is -0.760. The number of nitrogens with zero attached hydrogens (tertiary/aromatic N) is 3. The van der Waals surface area contributed by atoms with E-state index in [2.05, 4.69) is 21.3 Å². The van der Waals surface area contributed by atoms with Gasteiger partial charge in [0, 0.05) is 29.2 Å². The van der Waals surface area contributed by atoms with Gasteiger partial charge in [-0.2, -0.15) is 5.10 Å². The predicted octanol–water partition coefficient (Wildman–Crippen LogP) is 3.53. The number of aromatic nitrogens is 2. The number of benzene rings is 3. The third kappa shape index (κ3) is 5.04. The molecule has 0 radical (unpaired) electrons. The van der Waals surface area contributed by atoms with Crippen LogP contribution in [0.15, 0.2) is 77.6 Å². The van der Waals surface area contributed by atoms with Crippen LogP contribution in [0.5, 0.6) is 0 Å². The minimum absolute atomic E-state index is 0.0330. The van der Waals surface area contributed by atoms with Crippen molar-refractivity contribution in [1.29, 1.82) is 0 Å². The van der Waals surface area contributed by atoms with Crippen LogP contribution in [0.3, 0.4) is 0 Å². The second kappa shape index (κ2) is 10.5. The third-order valence-corrected chi connectivity index (χ3v) is 5.32. The van der Waals surface area contributed by atoms with E-state index in [1.54, 1.807) is 48.5 Å². The molecule has 4 aromatic rings. The van der Waals surface area contributed by atoms with E-state index in [1.807, 2.05) is 13.0 Å². The normalized spacial score (nSPS) is 10.6. The van der Waals surface area contributed by atoms with E-state index in [1.165, 1.54) is 16.8 Å². The molecule has 0 unspecified atom stereocenters. The maximum absolute atomic E-state index is 12.9. The fraction of sp³-hybridized carbons (Fsp3) is 0.120. The van der Waals surface area contributed by atoms with Crippen molar-refractivity contribution >= 4 is 39.6 Å².